The molecule has 6 nitrogen and oxygen atoms in total. The maximum absolute atomic E-state index is 12.2. The molecule has 0 spiro atoms. The van der Waals surface area contributed by atoms with Crippen LogP contribution in [-0.4, -0.2) is 45.8 Å². The Morgan fingerprint density at radius 2 is 1.96 bits per heavy atom. The minimum Gasteiger partial charge on any atom is -0.497 e. The van der Waals surface area contributed by atoms with Gasteiger partial charge < -0.3 is 9.64 Å². The lowest BCUT2D eigenvalue weighted by molar-refractivity contribution is -0.131. The largest absolute Gasteiger partial charge is 0.497 e. The highest BCUT2D eigenvalue weighted by Crippen LogP contribution is 2.21. The number of amides is 1. The van der Waals surface area contributed by atoms with Crippen molar-refractivity contribution < 1.29 is 9.53 Å². The Labute approximate surface area is 141 Å². The molecule has 0 saturated heterocycles. The van der Waals surface area contributed by atoms with Gasteiger partial charge in [-0.3, -0.25) is 14.5 Å². The van der Waals surface area contributed by atoms with Crippen LogP contribution in [0.4, 0.5) is 0 Å². The molecule has 0 fully saturated rings. The number of H-pyrrole nitrogens is 1. The Kier molecular flexibility index (Phi) is 5.92. The van der Waals surface area contributed by atoms with Crippen LogP contribution in [0.25, 0.3) is 11.4 Å². The minimum absolute atomic E-state index is 0.124. The fourth-order valence-electron chi connectivity index (χ4n) is 2.43. The molecule has 7 heteroatoms. The molecule has 124 valence electrons. The van der Waals surface area contributed by atoms with Crippen molar-refractivity contribution in [1.82, 2.24) is 19.7 Å². The van der Waals surface area contributed by atoms with Gasteiger partial charge in [0.15, 0.2) is 10.6 Å². The summed E-state index contributed by atoms with van der Waals surface area (Å²) in [5.74, 6) is 1.63. The van der Waals surface area contributed by atoms with Gasteiger partial charge in [-0.05, 0) is 50.3 Å². The summed E-state index contributed by atoms with van der Waals surface area (Å²) in [7, 11) is 1.63. The van der Waals surface area contributed by atoms with Crippen LogP contribution in [0.3, 0.4) is 0 Å². The Balaban J connectivity index is 2.18. The highest BCUT2D eigenvalue weighted by Gasteiger charge is 2.13. The predicted molar refractivity (Wildman–Crippen MR) is 91.9 cm³/mol. The van der Waals surface area contributed by atoms with Crippen molar-refractivity contribution in [2.45, 2.75) is 26.8 Å². The summed E-state index contributed by atoms with van der Waals surface area (Å²) in [6.45, 7) is 5.91. The fraction of sp³-hybridized carbons (Fsp3) is 0.438. The first-order chi connectivity index (χ1) is 11.1. The van der Waals surface area contributed by atoms with Crippen molar-refractivity contribution in [3.05, 3.63) is 29.0 Å². The van der Waals surface area contributed by atoms with E-state index in [4.69, 9.17) is 17.0 Å². The second kappa shape index (κ2) is 7.92. The smallest absolute Gasteiger partial charge is 0.224 e. The van der Waals surface area contributed by atoms with Crippen molar-refractivity contribution in [2.75, 3.05) is 20.2 Å². The standard InChI is InChI=1S/C16H22N4O2S/c1-4-19(5-2)14(21)10-11-20-15(17-18-16(20)23)12-6-8-13(22-3)9-7-12/h6-9H,4-5,10-11H2,1-3H3,(H,18,23). The molecule has 0 bridgehead atoms. The van der Waals surface area contributed by atoms with E-state index in [1.165, 1.54) is 0 Å². The third-order valence-corrected chi connectivity index (χ3v) is 4.08. The number of hydrogen-bond donors (Lipinski definition) is 1. The summed E-state index contributed by atoms with van der Waals surface area (Å²) in [4.78, 5) is 14.0. The summed E-state index contributed by atoms with van der Waals surface area (Å²) < 4.78 is 7.54. The number of rotatable bonds is 7. The number of aromatic nitrogens is 3. The van der Waals surface area contributed by atoms with Crippen LogP contribution in [0.2, 0.25) is 0 Å². The summed E-state index contributed by atoms with van der Waals surface area (Å²) in [5.41, 5.74) is 0.924. The van der Waals surface area contributed by atoms with Gasteiger partial charge >= 0.3 is 0 Å². The number of methoxy groups -OCH3 is 1. The molecule has 0 unspecified atom stereocenters. The number of benzene rings is 1. The molecule has 0 aliphatic heterocycles. The zero-order valence-corrected chi connectivity index (χ0v) is 14.5. The molecule has 23 heavy (non-hydrogen) atoms. The summed E-state index contributed by atoms with van der Waals surface area (Å²) >= 11 is 5.29. The molecule has 2 rings (SSSR count). The van der Waals surface area contributed by atoms with Gasteiger partial charge in [0.05, 0.1) is 7.11 Å². The molecule has 0 saturated carbocycles. The zero-order chi connectivity index (χ0) is 16.8. The molecule has 1 heterocycles. The Hall–Kier alpha value is -2.15. The molecular formula is C16H22N4O2S. The first-order valence-electron chi connectivity index (χ1n) is 7.68. The first-order valence-corrected chi connectivity index (χ1v) is 8.08. The molecule has 0 atom stereocenters. The molecule has 0 radical (unpaired) electrons. The van der Waals surface area contributed by atoms with Gasteiger partial charge in [0, 0.05) is 31.6 Å². The third-order valence-electron chi connectivity index (χ3n) is 3.77. The molecule has 0 aliphatic carbocycles. The van der Waals surface area contributed by atoms with Gasteiger partial charge in [0.25, 0.3) is 0 Å². The summed E-state index contributed by atoms with van der Waals surface area (Å²) in [6, 6.07) is 7.59. The number of nitrogens with zero attached hydrogens (tertiary/aromatic N) is 3. The monoisotopic (exact) mass is 334 g/mol. The van der Waals surface area contributed by atoms with Gasteiger partial charge in [-0.15, -0.1) is 0 Å². The predicted octanol–water partition coefficient (Wildman–Crippen LogP) is 2.87. The van der Waals surface area contributed by atoms with Crippen LogP contribution in [0, 0.1) is 4.77 Å². The maximum atomic E-state index is 12.2. The number of nitrogens with one attached hydrogen (secondary N) is 1. The molecule has 1 aromatic heterocycles. The normalized spacial score (nSPS) is 10.6. The van der Waals surface area contributed by atoms with Crippen LogP contribution in [0.5, 0.6) is 5.75 Å². The topological polar surface area (TPSA) is 63.1 Å². The van der Waals surface area contributed by atoms with Gasteiger partial charge in [-0.1, -0.05) is 0 Å². The number of ether oxygens (including phenoxy) is 1. The van der Waals surface area contributed by atoms with E-state index in [-0.39, 0.29) is 5.91 Å². The van der Waals surface area contributed by atoms with E-state index in [0.717, 1.165) is 30.2 Å². The van der Waals surface area contributed by atoms with Crippen LogP contribution < -0.4 is 4.74 Å². The highest BCUT2D eigenvalue weighted by atomic mass is 32.1. The molecular weight excluding hydrogens is 312 g/mol. The minimum atomic E-state index is 0.124. The lowest BCUT2D eigenvalue weighted by Gasteiger charge is -2.18. The summed E-state index contributed by atoms with van der Waals surface area (Å²) in [6.07, 6.45) is 0.401. The van der Waals surface area contributed by atoms with Crippen LogP contribution in [-0.2, 0) is 11.3 Å². The van der Waals surface area contributed by atoms with Crippen LogP contribution in [0.1, 0.15) is 20.3 Å². The van der Waals surface area contributed by atoms with Gasteiger partial charge in [-0.2, -0.15) is 5.10 Å². The lowest BCUT2D eigenvalue weighted by Crippen LogP contribution is -2.31. The fourth-order valence-corrected chi connectivity index (χ4v) is 2.65. The molecule has 0 aliphatic rings. The Morgan fingerprint density at radius 3 is 2.52 bits per heavy atom. The number of hydrogen-bond acceptors (Lipinski definition) is 4. The summed E-state index contributed by atoms with van der Waals surface area (Å²) in [5, 5.41) is 7.09. The lowest BCUT2D eigenvalue weighted by atomic mass is 10.2. The van der Waals surface area contributed by atoms with Crippen molar-refractivity contribution in [3.63, 3.8) is 0 Å². The van der Waals surface area contributed by atoms with Gasteiger partial charge in [-0.25, -0.2) is 0 Å². The second-order valence-corrected chi connectivity index (χ2v) is 5.44. The van der Waals surface area contributed by atoms with Crippen molar-refractivity contribution in [1.29, 1.82) is 0 Å². The van der Waals surface area contributed by atoms with E-state index in [1.807, 2.05) is 47.6 Å². The van der Waals surface area contributed by atoms with Crippen molar-refractivity contribution in [2.24, 2.45) is 0 Å². The van der Waals surface area contributed by atoms with E-state index in [1.54, 1.807) is 7.11 Å². The Morgan fingerprint density at radius 1 is 1.30 bits per heavy atom. The van der Waals surface area contributed by atoms with Crippen LogP contribution >= 0.6 is 12.2 Å². The van der Waals surface area contributed by atoms with Gasteiger partial charge in [0.2, 0.25) is 5.91 Å². The van der Waals surface area contributed by atoms with Crippen LogP contribution in [0.15, 0.2) is 24.3 Å². The third kappa shape index (κ3) is 3.98. The first kappa shape index (κ1) is 17.2. The number of carbonyl (C=O) groups excluding carboxylic acids is 1. The average Bonchev–Trinajstić information content (AvgIpc) is 2.95. The zero-order valence-electron chi connectivity index (χ0n) is 13.7. The average molecular weight is 334 g/mol. The van der Waals surface area contributed by atoms with E-state index >= 15 is 0 Å². The quantitative estimate of drug-likeness (QED) is 0.791. The Bertz CT molecular complexity index is 702. The van der Waals surface area contributed by atoms with E-state index in [2.05, 4.69) is 10.2 Å². The second-order valence-electron chi connectivity index (χ2n) is 5.05. The number of carbonyl (C=O) groups is 1. The SMILES string of the molecule is CCN(CC)C(=O)CCn1c(-c2ccc(OC)cc2)n[nH]c1=S. The highest BCUT2D eigenvalue weighted by molar-refractivity contribution is 7.71. The van der Waals surface area contributed by atoms with E-state index in [0.29, 0.717) is 17.7 Å². The van der Waals surface area contributed by atoms with Crippen molar-refractivity contribution in [3.8, 4) is 17.1 Å². The number of aromatic amines is 1. The van der Waals surface area contributed by atoms with Crippen molar-refractivity contribution >= 4 is 18.1 Å². The molecule has 1 amide bonds. The molecule has 1 N–H and O–H groups in total. The van der Waals surface area contributed by atoms with Gasteiger partial charge in [0.1, 0.15) is 5.75 Å². The molecule has 1 aromatic carbocycles. The van der Waals surface area contributed by atoms with E-state index < -0.39 is 0 Å². The maximum Gasteiger partial charge on any atom is 0.224 e. The van der Waals surface area contributed by atoms with E-state index in [9.17, 15) is 4.79 Å². The molecule has 2 aromatic rings.